The smallest absolute Gasteiger partial charge is 0.318 e. The largest absolute Gasteiger partial charge is 0.467 e. The molecule has 0 aliphatic rings. The first-order valence-electron chi connectivity index (χ1n) is 5.59. The molecule has 6 heteroatoms. The molecule has 0 radical (unpaired) electrons. The molecule has 96 valence electrons. The molecule has 5 nitrogen and oxygen atoms in total. The van der Waals surface area contributed by atoms with Gasteiger partial charge in [0.25, 0.3) is 0 Å². The van der Waals surface area contributed by atoms with E-state index in [1.54, 1.807) is 0 Å². The SMILES string of the molecule is CCC(C)(CCN)Nc1nc(OC)ncc1Cl. The summed E-state index contributed by atoms with van der Waals surface area (Å²) < 4.78 is 4.97. The molecule has 0 aliphatic heterocycles. The highest BCUT2D eigenvalue weighted by molar-refractivity contribution is 6.32. The topological polar surface area (TPSA) is 73.1 Å². The summed E-state index contributed by atoms with van der Waals surface area (Å²) in [5.74, 6) is 0.580. The Labute approximate surface area is 107 Å². The van der Waals surface area contributed by atoms with Gasteiger partial charge >= 0.3 is 6.01 Å². The number of nitrogens with two attached hydrogens (primary N) is 1. The van der Waals surface area contributed by atoms with Gasteiger partial charge < -0.3 is 15.8 Å². The van der Waals surface area contributed by atoms with Crippen molar-refractivity contribution in [2.45, 2.75) is 32.2 Å². The van der Waals surface area contributed by atoms with Crippen molar-refractivity contribution in [2.24, 2.45) is 5.73 Å². The number of hydrogen-bond acceptors (Lipinski definition) is 5. The zero-order valence-corrected chi connectivity index (χ0v) is 11.2. The molecule has 0 bridgehead atoms. The summed E-state index contributed by atoms with van der Waals surface area (Å²) in [6.07, 6.45) is 3.28. The minimum atomic E-state index is -0.127. The average Bonchev–Trinajstić information content (AvgIpc) is 2.32. The summed E-state index contributed by atoms with van der Waals surface area (Å²) in [7, 11) is 1.52. The Morgan fingerprint density at radius 3 is 2.82 bits per heavy atom. The molecule has 0 saturated heterocycles. The number of nitrogens with one attached hydrogen (secondary N) is 1. The second kappa shape index (κ2) is 6.02. The van der Waals surface area contributed by atoms with Gasteiger partial charge in [-0.1, -0.05) is 18.5 Å². The Balaban J connectivity index is 2.92. The molecule has 1 unspecified atom stereocenters. The van der Waals surface area contributed by atoms with Crippen molar-refractivity contribution < 1.29 is 4.74 Å². The van der Waals surface area contributed by atoms with Crippen molar-refractivity contribution in [2.75, 3.05) is 19.0 Å². The van der Waals surface area contributed by atoms with E-state index in [0.717, 1.165) is 12.8 Å². The van der Waals surface area contributed by atoms with Gasteiger partial charge in [0, 0.05) is 5.54 Å². The lowest BCUT2D eigenvalue weighted by Gasteiger charge is -2.30. The van der Waals surface area contributed by atoms with Gasteiger partial charge in [-0.15, -0.1) is 0 Å². The molecule has 0 aromatic carbocycles. The zero-order valence-electron chi connectivity index (χ0n) is 10.5. The summed E-state index contributed by atoms with van der Waals surface area (Å²) in [4.78, 5) is 8.12. The second-order valence-corrected chi connectivity index (χ2v) is 4.54. The number of halogens is 1. The third-order valence-corrected chi connectivity index (χ3v) is 3.08. The van der Waals surface area contributed by atoms with E-state index in [4.69, 9.17) is 22.1 Å². The molecular formula is C11H19ClN4O. The summed E-state index contributed by atoms with van der Waals surface area (Å²) in [6.45, 7) is 4.79. The predicted octanol–water partition coefficient (Wildman–Crippen LogP) is 2.07. The van der Waals surface area contributed by atoms with Crippen LogP contribution in [0.25, 0.3) is 0 Å². The molecule has 0 spiro atoms. The van der Waals surface area contributed by atoms with Crippen LogP contribution in [0.5, 0.6) is 6.01 Å². The molecule has 0 aliphatic carbocycles. The third kappa shape index (κ3) is 3.71. The lowest BCUT2D eigenvalue weighted by molar-refractivity contribution is 0.379. The van der Waals surface area contributed by atoms with Crippen LogP contribution in [-0.2, 0) is 0 Å². The van der Waals surface area contributed by atoms with Crippen LogP contribution in [0.2, 0.25) is 5.02 Å². The quantitative estimate of drug-likeness (QED) is 0.817. The second-order valence-electron chi connectivity index (χ2n) is 4.13. The van der Waals surface area contributed by atoms with Crippen LogP contribution in [0.3, 0.4) is 0 Å². The highest BCUT2D eigenvalue weighted by Crippen LogP contribution is 2.26. The van der Waals surface area contributed by atoms with Gasteiger partial charge in [-0.25, -0.2) is 4.98 Å². The van der Waals surface area contributed by atoms with Gasteiger partial charge in [0.2, 0.25) is 0 Å². The number of anilines is 1. The number of methoxy groups -OCH3 is 1. The van der Waals surface area contributed by atoms with E-state index in [9.17, 15) is 0 Å². The Morgan fingerprint density at radius 2 is 2.29 bits per heavy atom. The maximum Gasteiger partial charge on any atom is 0.318 e. The molecule has 0 fully saturated rings. The minimum absolute atomic E-state index is 0.127. The van der Waals surface area contributed by atoms with Crippen molar-refractivity contribution in [1.29, 1.82) is 0 Å². The minimum Gasteiger partial charge on any atom is -0.467 e. The molecule has 0 amide bonds. The van der Waals surface area contributed by atoms with E-state index in [-0.39, 0.29) is 5.54 Å². The summed E-state index contributed by atoms with van der Waals surface area (Å²) in [5.41, 5.74) is 5.48. The summed E-state index contributed by atoms with van der Waals surface area (Å²) >= 11 is 6.04. The number of nitrogens with zero attached hydrogens (tertiary/aromatic N) is 2. The fourth-order valence-corrected chi connectivity index (χ4v) is 1.61. The van der Waals surface area contributed by atoms with Crippen LogP contribution in [0.1, 0.15) is 26.7 Å². The first-order chi connectivity index (χ1) is 8.04. The maximum atomic E-state index is 6.04. The van der Waals surface area contributed by atoms with Crippen LogP contribution >= 0.6 is 11.6 Å². The van der Waals surface area contributed by atoms with E-state index in [2.05, 4.69) is 29.1 Å². The van der Waals surface area contributed by atoms with Gasteiger partial charge in [0.1, 0.15) is 5.02 Å². The average molecular weight is 259 g/mol. The van der Waals surface area contributed by atoms with Crippen LogP contribution in [0.4, 0.5) is 5.82 Å². The van der Waals surface area contributed by atoms with E-state index in [1.165, 1.54) is 13.3 Å². The van der Waals surface area contributed by atoms with E-state index < -0.39 is 0 Å². The van der Waals surface area contributed by atoms with Crippen LogP contribution in [-0.4, -0.2) is 29.2 Å². The van der Waals surface area contributed by atoms with Crippen LogP contribution in [0.15, 0.2) is 6.20 Å². The summed E-state index contributed by atoms with van der Waals surface area (Å²) in [6, 6.07) is 0.295. The molecule has 0 saturated carbocycles. The predicted molar refractivity (Wildman–Crippen MR) is 69.6 cm³/mol. The highest BCUT2D eigenvalue weighted by atomic mass is 35.5. The first kappa shape index (κ1) is 14.0. The molecule has 1 aromatic rings. The molecule has 1 atom stereocenters. The number of ether oxygens (including phenoxy) is 1. The monoisotopic (exact) mass is 258 g/mol. The molecule has 1 heterocycles. The molecule has 17 heavy (non-hydrogen) atoms. The van der Waals surface area contributed by atoms with Gasteiger partial charge in [-0.2, -0.15) is 4.98 Å². The van der Waals surface area contributed by atoms with Crippen molar-refractivity contribution in [3.63, 3.8) is 0 Å². The van der Waals surface area contributed by atoms with Crippen LogP contribution < -0.4 is 15.8 Å². The summed E-state index contributed by atoms with van der Waals surface area (Å²) in [5, 5.41) is 3.78. The standard InChI is InChI=1S/C11H19ClN4O/c1-4-11(2,5-6-13)16-9-8(12)7-14-10(15-9)17-3/h7H,4-6,13H2,1-3H3,(H,14,15,16). The van der Waals surface area contributed by atoms with Crippen molar-refractivity contribution >= 4 is 17.4 Å². The van der Waals surface area contributed by atoms with Gasteiger partial charge in [0.05, 0.1) is 13.3 Å². The van der Waals surface area contributed by atoms with Crippen LogP contribution in [0, 0.1) is 0 Å². The zero-order chi connectivity index (χ0) is 12.9. The van der Waals surface area contributed by atoms with E-state index in [1.807, 2.05) is 0 Å². The lowest BCUT2D eigenvalue weighted by Crippen LogP contribution is -2.36. The Morgan fingerprint density at radius 1 is 1.59 bits per heavy atom. The molecule has 3 N–H and O–H groups in total. The molecular weight excluding hydrogens is 240 g/mol. The maximum absolute atomic E-state index is 6.04. The van der Waals surface area contributed by atoms with Gasteiger partial charge in [0.15, 0.2) is 5.82 Å². The normalized spacial score (nSPS) is 14.2. The van der Waals surface area contributed by atoms with Crippen molar-refractivity contribution in [3.8, 4) is 6.01 Å². The molecule has 1 rings (SSSR count). The van der Waals surface area contributed by atoms with Crippen molar-refractivity contribution in [3.05, 3.63) is 11.2 Å². The fourth-order valence-electron chi connectivity index (χ4n) is 1.47. The Bertz CT molecular complexity index is 374. The number of hydrogen-bond donors (Lipinski definition) is 2. The number of rotatable bonds is 6. The van der Waals surface area contributed by atoms with E-state index in [0.29, 0.717) is 23.4 Å². The highest BCUT2D eigenvalue weighted by Gasteiger charge is 2.22. The first-order valence-corrected chi connectivity index (χ1v) is 5.97. The van der Waals surface area contributed by atoms with Gasteiger partial charge in [-0.3, -0.25) is 0 Å². The van der Waals surface area contributed by atoms with Gasteiger partial charge in [-0.05, 0) is 26.3 Å². The Kier molecular flexibility index (Phi) is 4.96. The lowest BCUT2D eigenvalue weighted by atomic mass is 9.94. The van der Waals surface area contributed by atoms with E-state index >= 15 is 0 Å². The molecule has 1 aromatic heterocycles. The number of aromatic nitrogens is 2. The van der Waals surface area contributed by atoms with Crippen molar-refractivity contribution in [1.82, 2.24) is 9.97 Å². The third-order valence-electron chi connectivity index (χ3n) is 2.80. The Hall–Kier alpha value is -1.07. The fraction of sp³-hybridized carbons (Fsp3) is 0.636.